The SMILES string of the molecule is Cc1ccc(-c2cccc3[nH]c(-c4nn(C)c5c(-c6cc(C)sc6C6=CC=CNc7[nH]c(C8=CC(C)Nc9ccc(-c%10cnccc%10C)cc98)nc76)cc(-c6cncc(NC(=O)CC(C)C)c6)cc45)nc23)s1. The molecule has 0 saturated heterocycles. The van der Waals surface area contributed by atoms with Crippen LogP contribution in [0.5, 0.6) is 0 Å². The first-order valence-corrected chi connectivity index (χ1v) is 25.8. The van der Waals surface area contributed by atoms with E-state index >= 15 is 0 Å². The number of carbonyl (C=O) groups excluding carboxylic acids is 1. The molecule has 356 valence electrons. The first kappa shape index (κ1) is 45.0. The molecular weight excluding hydrogens is 931 g/mol. The van der Waals surface area contributed by atoms with Gasteiger partial charge in [-0.15, -0.1) is 22.7 Å². The molecule has 0 bridgehead atoms. The highest BCUT2D eigenvalue weighted by Crippen LogP contribution is 2.47. The number of pyridine rings is 2. The number of allylic oxidation sites excluding steroid dienone is 2. The number of amides is 1. The molecule has 14 heteroatoms. The number of benzene rings is 3. The Kier molecular flexibility index (Phi) is 11.2. The summed E-state index contributed by atoms with van der Waals surface area (Å²) in [4.78, 5) is 44.9. The van der Waals surface area contributed by atoms with Crippen LogP contribution in [0.15, 0.2) is 128 Å². The lowest BCUT2D eigenvalue weighted by molar-refractivity contribution is -0.116. The largest absolute Gasteiger partial charge is 0.379 e. The van der Waals surface area contributed by atoms with Crippen LogP contribution in [0.1, 0.15) is 64.5 Å². The summed E-state index contributed by atoms with van der Waals surface area (Å²) in [6.07, 6.45) is 16.1. The summed E-state index contributed by atoms with van der Waals surface area (Å²) in [6.45, 7) is 12.6. The van der Waals surface area contributed by atoms with Crippen LogP contribution in [-0.4, -0.2) is 51.6 Å². The smallest absolute Gasteiger partial charge is 0.224 e. The molecule has 0 radical (unpaired) electrons. The zero-order chi connectivity index (χ0) is 49.4. The molecule has 9 heterocycles. The Morgan fingerprint density at radius 3 is 2.49 bits per heavy atom. The first-order valence-electron chi connectivity index (χ1n) is 24.1. The maximum atomic E-state index is 13.0. The number of imidazole rings is 2. The van der Waals surface area contributed by atoms with Crippen molar-refractivity contribution in [2.45, 2.75) is 54.0 Å². The summed E-state index contributed by atoms with van der Waals surface area (Å²) in [6, 6.07) is 28.0. The molecule has 12 rings (SSSR count). The van der Waals surface area contributed by atoms with E-state index in [-0.39, 0.29) is 17.9 Å². The van der Waals surface area contributed by atoms with E-state index in [4.69, 9.17) is 15.1 Å². The lowest BCUT2D eigenvalue weighted by Gasteiger charge is -2.24. The summed E-state index contributed by atoms with van der Waals surface area (Å²) in [5.41, 5.74) is 17.3. The average molecular weight is 982 g/mol. The number of para-hydroxylation sites is 1. The Bertz CT molecular complexity index is 3910. The third-order valence-corrected chi connectivity index (χ3v) is 15.4. The van der Waals surface area contributed by atoms with Crippen molar-refractivity contribution in [3.05, 3.63) is 165 Å². The number of aromatic amines is 2. The topological polar surface area (TPSA) is 154 Å². The molecule has 5 N–H and O–H groups in total. The number of nitrogens with zero attached hydrogens (tertiary/aromatic N) is 6. The van der Waals surface area contributed by atoms with Gasteiger partial charge in [0.25, 0.3) is 0 Å². The quantitative estimate of drug-likeness (QED) is 0.0908. The van der Waals surface area contributed by atoms with Gasteiger partial charge in [-0.3, -0.25) is 19.4 Å². The Hall–Kier alpha value is -8.20. The number of hydrogen-bond donors (Lipinski definition) is 5. The summed E-state index contributed by atoms with van der Waals surface area (Å²) in [5, 5.41) is 16.5. The van der Waals surface area contributed by atoms with E-state index in [1.54, 1.807) is 28.9 Å². The summed E-state index contributed by atoms with van der Waals surface area (Å²) < 4.78 is 1.97. The van der Waals surface area contributed by atoms with Crippen LogP contribution in [0.25, 0.3) is 88.4 Å². The number of aromatic nitrogens is 8. The zero-order valence-electron chi connectivity index (χ0n) is 40.9. The van der Waals surface area contributed by atoms with E-state index in [1.165, 1.54) is 15.3 Å². The van der Waals surface area contributed by atoms with Crippen molar-refractivity contribution < 1.29 is 4.79 Å². The van der Waals surface area contributed by atoms with Crippen molar-refractivity contribution >= 4 is 78.9 Å². The van der Waals surface area contributed by atoms with E-state index in [9.17, 15) is 4.79 Å². The van der Waals surface area contributed by atoms with E-state index in [0.29, 0.717) is 17.9 Å². The molecule has 3 aromatic carbocycles. The highest BCUT2D eigenvalue weighted by atomic mass is 32.1. The van der Waals surface area contributed by atoms with Crippen LogP contribution in [-0.2, 0) is 11.8 Å². The molecule has 7 aromatic heterocycles. The number of carbonyl (C=O) groups is 1. The van der Waals surface area contributed by atoms with Gasteiger partial charge in [-0.1, -0.05) is 38.1 Å². The zero-order valence-corrected chi connectivity index (χ0v) is 42.5. The Balaban J connectivity index is 1.01. The van der Waals surface area contributed by atoms with Gasteiger partial charge in [-0.05, 0) is 123 Å². The minimum Gasteiger partial charge on any atom is -0.379 e. The molecule has 1 unspecified atom stereocenters. The van der Waals surface area contributed by atoms with Gasteiger partial charge in [0, 0.05) is 119 Å². The van der Waals surface area contributed by atoms with Gasteiger partial charge in [0.15, 0.2) is 5.82 Å². The molecule has 0 fully saturated rings. The Morgan fingerprint density at radius 2 is 1.65 bits per heavy atom. The molecule has 0 saturated carbocycles. The second kappa shape index (κ2) is 17.9. The standard InChI is InChI=1S/C58H51N11OS2/c1-30(2)20-50(70)63-38-23-37(27-60-28-38)36-25-42(54-45(26-36)53(68-69(54)7)58-64-48-12-8-10-39(51(48)65-58)49-16-13-33(5)71-49)43-22-34(6)72-55(43)40-11-9-18-61-57-52(40)66-56(67-57)44-21-32(4)62-47-15-14-35(24-41(44)47)46-29-59-19-17-31(46)3/h8-19,21-30,32,61-62H,20H2,1-7H3,(H,63,70)(H,64,65)(H,66,67). The number of hydrogen-bond acceptors (Lipinski definition) is 10. The summed E-state index contributed by atoms with van der Waals surface area (Å²) in [5.74, 6) is 2.43. The van der Waals surface area contributed by atoms with Crippen molar-refractivity contribution in [1.82, 2.24) is 39.7 Å². The first-order chi connectivity index (χ1) is 34.9. The van der Waals surface area contributed by atoms with E-state index in [1.807, 2.05) is 68.6 Å². The predicted molar refractivity (Wildman–Crippen MR) is 296 cm³/mol. The molecule has 72 heavy (non-hydrogen) atoms. The number of H-pyrrole nitrogens is 2. The van der Waals surface area contributed by atoms with Crippen molar-refractivity contribution in [1.29, 1.82) is 0 Å². The van der Waals surface area contributed by atoms with E-state index in [0.717, 1.165) is 116 Å². The molecule has 1 atom stereocenters. The number of thiophene rings is 2. The number of nitrogens with one attached hydrogen (secondary N) is 5. The van der Waals surface area contributed by atoms with Crippen LogP contribution in [0.2, 0.25) is 0 Å². The molecule has 2 aliphatic heterocycles. The molecule has 10 aromatic rings. The van der Waals surface area contributed by atoms with Crippen molar-refractivity contribution in [3.63, 3.8) is 0 Å². The molecule has 1 amide bonds. The molecule has 0 spiro atoms. The number of rotatable bonds is 10. The van der Waals surface area contributed by atoms with Gasteiger partial charge in [0.1, 0.15) is 23.0 Å². The molecule has 0 aliphatic carbocycles. The fourth-order valence-corrected chi connectivity index (χ4v) is 12.0. The maximum absolute atomic E-state index is 13.0. The van der Waals surface area contributed by atoms with Gasteiger partial charge in [0.2, 0.25) is 5.91 Å². The summed E-state index contributed by atoms with van der Waals surface area (Å²) >= 11 is 3.50. The molecule has 2 aliphatic rings. The van der Waals surface area contributed by atoms with E-state index < -0.39 is 0 Å². The molecular formula is C58H51N11OS2. The van der Waals surface area contributed by atoms with Gasteiger partial charge in [-0.2, -0.15) is 5.10 Å². The minimum atomic E-state index is -0.0455. The maximum Gasteiger partial charge on any atom is 0.224 e. The van der Waals surface area contributed by atoms with Crippen LogP contribution < -0.4 is 16.0 Å². The number of fused-ring (bicyclic) bond motifs is 4. The minimum absolute atomic E-state index is 0.0455. The fourth-order valence-electron chi connectivity index (χ4n) is 10.0. The highest BCUT2D eigenvalue weighted by Gasteiger charge is 2.29. The fraction of sp³-hybridized carbons (Fsp3) is 0.172. The van der Waals surface area contributed by atoms with Gasteiger partial charge >= 0.3 is 0 Å². The second-order valence-corrected chi connectivity index (χ2v) is 21.7. The monoisotopic (exact) mass is 981 g/mol. The Morgan fingerprint density at radius 1 is 0.778 bits per heavy atom. The van der Waals surface area contributed by atoms with Crippen LogP contribution in [0.4, 0.5) is 17.2 Å². The lowest BCUT2D eigenvalue weighted by Crippen LogP contribution is -2.19. The van der Waals surface area contributed by atoms with Gasteiger partial charge in [-0.25, -0.2) is 9.97 Å². The second-order valence-electron chi connectivity index (χ2n) is 19.2. The average Bonchev–Trinajstić information content (AvgIpc) is 4.21. The lowest BCUT2D eigenvalue weighted by atomic mass is 9.92. The normalized spacial score (nSPS) is 14.2. The van der Waals surface area contributed by atoms with Gasteiger partial charge < -0.3 is 25.9 Å². The number of anilines is 3. The third-order valence-electron chi connectivity index (χ3n) is 13.3. The van der Waals surface area contributed by atoms with Crippen LogP contribution in [0.3, 0.4) is 0 Å². The predicted octanol–water partition coefficient (Wildman–Crippen LogP) is 13.9. The third kappa shape index (κ3) is 8.11. The molecule has 12 nitrogen and oxygen atoms in total. The highest BCUT2D eigenvalue weighted by molar-refractivity contribution is 7.15. The Labute approximate surface area is 424 Å². The summed E-state index contributed by atoms with van der Waals surface area (Å²) in [7, 11) is 2.01. The van der Waals surface area contributed by atoms with Crippen molar-refractivity contribution in [3.8, 4) is 55.3 Å². The van der Waals surface area contributed by atoms with E-state index in [2.05, 4.69) is 142 Å². The van der Waals surface area contributed by atoms with Gasteiger partial charge in [0.05, 0.1) is 28.4 Å². The van der Waals surface area contributed by atoms with Crippen LogP contribution in [0, 0.1) is 26.7 Å². The van der Waals surface area contributed by atoms with Crippen molar-refractivity contribution in [2.24, 2.45) is 13.0 Å². The number of aryl methyl sites for hydroxylation is 4. The van der Waals surface area contributed by atoms with Crippen molar-refractivity contribution in [2.75, 3.05) is 16.0 Å². The van der Waals surface area contributed by atoms with Crippen LogP contribution >= 0.6 is 22.7 Å².